The average Bonchev–Trinajstić information content (AvgIpc) is 3.11. The zero-order chi connectivity index (χ0) is 16.6. The smallest absolute Gasteiger partial charge is 0.244 e. The Kier molecular flexibility index (Phi) is 4.04. The van der Waals surface area contributed by atoms with E-state index >= 15 is 0 Å². The number of nitrogens with zero attached hydrogens (tertiary/aromatic N) is 1. The van der Waals surface area contributed by atoms with E-state index in [1.165, 1.54) is 12.8 Å². The van der Waals surface area contributed by atoms with Gasteiger partial charge in [0.1, 0.15) is 5.54 Å². The zero-order valence-electron chi connectivity index (χ0n) is 14.0. The van der Waals surface area contributed by atoms with E-state index in [-0.39, 0.29) is 11.8 Å². The van der Waals surface area contributed by atoms with Crippen LogP contribution in [0.4, 0.5) is 5.69 Å². The van der Waals surface area contributed by atoms with Crippen LogP contribution in [0.2, 0.25) is 0 Å². The minimum Gasteiger partial charge on any atom is -0.342 e. The quantitative estimate of drug-likeness (QED) is 0.832. The molecule has 128 valence electrons. The van der Waals surface area contributed by atoms with Crippen LogP contribution >= 0.6 is 0 Å². The first kappa shape index (κ1) is 15.6. The van der Waals surface area contributed by atoms with Crippen molar-refractivity contribution >= 4 is 17.5 Å². The van der Waals surface area contributed by atoms with Crippen LogP contribution in [0.15, 0.2) is 24.3 Å². The lowest BCUT2D eigenvalue weighted by Crippen LogP contribution is -2.60. The van der Waals surface area contributed by atoms with Gasteiger partial charge in [-0.25, -0.2) is 0 Å². The number of hydrogen-bond acceptors (Lipinski definition) is 3. The van der Waals surface area contributed by atoms with Gasteiger partial charge in [0, 0.05) is 31.2 Å². The van der Waals surface area contributed by atoms with Gasteiger partial charge in [0.15, 0.2) is 0 Å². The Labute approximate surface area is 142 Å². The molecule has 1 saturated heterocycles. The Bertz CT molecular complexity index is 644. The summed E-state index contributed by atoms with van der Waals surface area (Å²) in [4.78, 5) is 27.4. The van der Waals surface area contributed by atoms with Gasteiger partial charge in [-0.3, -0.25) is 14.9 Å². The van der Waals surface area contributed by atoms with Crippen LogP contribution in [0.1, 0.15) is 44.1 Å². The molecule has 5 heteroatoms. The first-order valence-corrected chi connectivity index (χ1v) is 9.11. The normalized spacial score (nSPS) is 23.7. The number of likely N-dealkylation sites (tertiary alicyclic amines) is 1. The van der Waals surface area contributed by atoms with Gasteiger partial charge in [-0.05, 0) is 37.3 Å². The molecule has 2 heterocycles. The highest BCUT2D eigenvalue weighted by molar-refractivity contribution is 5.99. The monoisotopic (exact) mass is 327 g/mol. The first-order chi connectivity index (χ1) is 11.7. The summed E-state index contributed by atoms with van der Waals surface area (Å²) in [5.41, 5.74) is 1.47. The number of fused-ring (bicyclic) bond motifs is 1. The predicted molar refractivity (Wildman–Crippen MR) is 92.4 cm³/mol. The molecule has 0 atom stereocenters. The molecule has 24 heavy (non-hydrogen) atoms. The third kappa shape index (κ3) is 2.71. The van der Waals surface area contributed by atoms with Crippen molar-refractivity contribution in [1.29, 1.82) is 0 Å². The SMILES string of the molecule is O=C(C1CCCC1)N1CCC2(CC1)NCc1ccccc1NC2=O. The van der Waals surface area contributed by atoms with Gasteiger partial charge in [-0.15, -0.1) is 0 Å². The van der Waals surface area contributed by atoms with Crippen molar-refractivity contribution in [2.75, 3.05) is 18.4 Å². The zero-order valence-corrected chi connectivity index (χ0v) is 14.0. The lowest BCUT2D eigenvalue weighted by atomic mass is 9.86. The Balaban J connectivity index is 1.44. The van der Waals surface area contributed by atoms with E-state index < -0.39 is 5.54 Å². The van der Waals surface area contributed by atoms with Crippen molar-refractivity contribution in [2.24, 2.45) is 5.92 Å². The molecular formula is C19H25N3O2. The van der Waals surface area contributed by atoms with E-state index in [4.69, 9.17) is 0 Å². The highest BCUT2D eigenvalue weighted by Gasteiger charge is 2.44. The Morgan fingerprint density at radius 1 is 1.12 bits per heavy atom. The van der Waals surface area contributed by atoms with Crippen LogP contribution in [0.5, 0.6) is 0 Å². The van der Waals surface area contributed by atoms with Gasteiger partial charge in [0.2, 0.25) is 11.8 Å². The Hall–Kier alpha value is -1.88. The highest BCUT2D eigenvalue weighted by atomic mass is 16.2. The number of rotatable bonds is 1. The number of nitrogens with one attached hydrogen (secondary N) is 2. The molecule has 1 spiro atoms. The lowest BCUT2D eigenvalue weighted by Gasteiger charge is -2.41. The summed E-state index contributed by atoms with van der Waals surface area (Å²) in [5, 5.41) is 6.56. The number of carbonyl (C=O) groups is 2. The molecule has 4 rings (SSSR count). The van der Waals surface area contributed by atoms with Gasteiger partial charge in [-0.2, -0.15) is 0 Å². The lowest BCUT2D eigenvalue weighted by molar-refractivity contribution is -0.139. The molecule has 2 fully saturated rings. The number of para-hydroxylation sites is 1. The summed E-state index contributed by atoms with van der Waals surface area (Å²) in [6.45, 7) is 2.03. The Morgan fingerprint density at radius 3 is 2.58 bits per heavy atom. The summed E-state index contributed by atoms with van der Waals surface area (Å²) in [7, 11) is 0. The predicted octanol–water partition coefficient (Wildman–Crippen LogP) is 2.28. The van der Waals surface area contributed by atoms with Crippen molar-refractivity contribution in [2.45, 2.75) is 50.6 Å². The number of amides is 2. The molecule has 0 bridgehead atoms. The van der Waals surface area contributed by atoms with Crippen LogP contribution in [-0.2, 0) is 16.1 Å². The molecule has 5 nitrogen and oxygen atoms in total. The van der Waals surface area contributed by atoms with Crippen molar-refractivity contribution in [3.05, 3.63) is 29.8 Å². The minimum absolute atomic E-state index is 0.0421. The van der Waals surface area contributed by atoms with Gasteiger partial charge in [0.25, 0.3) is 0 Å². The Morgan fingerprint density at radius 2 is 1.83 bits per heavy atom. The molecule has 0 radical (unpaired) electrons. The molecule has 0 aromatic heterocycles. The van der Waals surface area contributed by atoms with E-state index in [9.17, 15) is 9.59 Å². The summed E-state index contributed by atoms with van der Waals surface area (Å²) in [5.74, 6) is 0.569. The number of anilines is 1. The largest absolute Gasteiger partial charge is 0.342 e. The number of carbonyl (C=O) groups excluding carboxylic acids is 2. The maximum Gasteiger partial charge on any atom is 0.244 e. The topological polar surface area (TPSA) is 61.4 Å². The van der Waals surface area contributed by atoms with Crippen LogP contribution in [0, 0.1) is 5.92 Å². The fourth-order valence-electron chi connectivity index (χ4n) is 4.33. The summed E-state index contributed by atoms with van der Waals surface area (Å²) in [6.07, 6.45) is 5.80. The molecule has 0 unspecified atom stereocenters. The second-order valence-electron chi connectivity index (χ2n) is 7.35. The molecule has 2 amide bonds. The van der Waals surface area contributed by atoms with Crippen LogP contribution in [0.25, 0.3) is 0 Å². The van der Waals surface area contributed by atoms with Crippen LogP contribution in [-0.4, -0.2) is 35.3 Å². The fourth-order valence-corrected chi connectivity index (χ4v) is 4.33. The third-order valence-corrected chi connectivity index (χ3v) is 5.95. The average molecular weight is 327 g/mol. The second-order valence-corrected chi connectivity index (χ2v) is 7.35. The highest BCUT2D eigenvalue weighted by Crippen LogP contribution is 2.32. The summed E-state index contributed by atoms with van der Waals surface area (Å²) < 4.78 is 0. The van der Waals surface area contributed by atoms with Crippen molar-refractivity contribution in [3.63, 3.8) is 0 Å². The van der Waals surface area contributed by atoms with Gasteiger partial charge < -0.3 is 10.2 Å². The van der Waals surface area contributed by atoms with Crippen molar-refractivity contribution < 1.29 is 9.59 Å². The van der Waals surface area contributed by atoms with Crippen LogP contribution < -0.4 is 10.6 Å². The molecule has 2 N–H and O–H groups in total. The molecule has 3 aliphatic rings. The van der Waals surface area contributed by atoms with Crippen LogP contribution in [0.3, 0.4) is 0 Å². The van der Waals surface area contributed by atoms with E-state index in [1.54, 1.807) is 0 Å². The van der Waals surface area contributed by atoms with E-state index in [0.717, 1.165) is 24.1 Å². The van der Waals surface area contributed by atoms with E-state index in [1.807, 2.05) is 29.2 Å². The first-order valence-electron chi connectivity index (χ1n) is 9.11. The number of hydrogen-bond donors (Lipinski definition) is 2. The van der Waals surface area contributed by atoms with Crippen molar-refractivity contribution in [3.8, 4) is 0 Å². The molecule has 1 aromatic carbocycles. The minimum atomic E-state index is -0.550. The van der Waals surface area contributed by atoms with E-state index in [0.29, 0.717) is 38.4 Å². The summed E-state index contributed by atoms with van der Waals surface area (Å²) in [6, 6.07) is 7.93. The molecule has 1 aliphatic carbocycles. The maximum absolute atomic E-state index is 12.8. The van der Waals surface area contributed by atoms with Gasteiger partial charge in [0.05, 0.1) is 0 Å². The third-order valence-electron chi connectivity index (χ3n) is 5.95. The van der Waals surface area contributed by atoms with Gasteiger partial charge in [-0.1, -0.05) is 31.0 Å². The maximum atomic E-state index is 12.8. The fraction of sp³-hybridized carbons (Fsp3) is 0.579. The standard InChI is InChI=1S/C19H25N3O2/c23-17(14-5-1-2-6-14)22-11-9-19(10-12-22)18(24)21-16-8-4-3-7-15(16)13-20-19/h3-4,7-8,14,20H,1-2,5-6,9-13H2,(H,21,24). The number of benzene rings is 1. The molecule has 1 saturated carbocycles. The molecular weight excluding hydrogens is 302 g/mol. The van der Waals surface area contributed by atoms with Crippen molar-refractivity contribution in [1.82, 2.24) is 10.2 Å². The molecule has 1 aromatic rings. The van der Waals surface area contributed by atoms with E-state index in [2.05, 4.69) is 10.6 Å². The summed E-state index contributed by atoms with van der Waals surface area (Å²) >= 11 is 0. The second kappa shape index (κ2) is 6.20. The molecule has 2 aliphatic heterocycles. The number of piperidine rings is 1. The van der Waals surface area contributed by atoms with Gasteiger partial charge >= 0.3 is 0 Å².